The third kappa shape index (κ3) is 2.81. The molecular weight excluding hydrogens is 214 g/mol. The van der Waals surface area contributed by atoms with Crippen LogP contribution in [0.3, 0.4) is 0 Å². The molecule has 6 heavy (non-hydrogen) atoms. The SMILES string of the molecule is NC(Br)C(=O)Br. The predicted octanol–water partition coefficient (Wildman–Crippen LogP) is 0.588. The second-order valence-corrected chi connectivity index (χ2v) is 2.47. The summed E-state index contributed by atoms with van der Waals surface area (Å²) >= 11 is 5.45. The Kier molecular flexibility index (Phi) is 2.98. The molecule has 0 amide bonds. The zero-order chi connectivity index (χ0) is 5.15. The van der Waals surface area contributed by atoms with Gasteiger partial charge in [-0.15, -0.1) is 0 Å². The van der Waals surface area contributed by atoms with E-state index in [0.29, 0.717) is 0 Å². The minimum absolute atomic E-state index is 0.234. The smallest absolute Gasteiger partial charge is 0.225 e. The minimum atomic E-state index is -0.558. The molecule has 0 bridgehead atoms. The van der Waals surface area contributed by atoms with Crippen LogP contribution < -0.4 is 5.73 Å². The quantitative estimate of drug-likeness (QED) is 0.396. The summed E-state index contributed by atoms with van der Waals surface area (Å²) in [7, 11) is 0. The summed E-state index contributed by atoms with van der Waals surface area (Å²) in [5.41, 5.74) is 4.96. The fourth-order valence-corrected chi connectivity index (χ4v) is 0. The van der Waals surface area contributed by atoms with Crippen LogP contribution in [-0.2, 0) is 4.79 Å². The van der Waals surface area contributed by atoms with Gasteiger partial charge < -0.3 is 5.73 Å². The van der Waals surface area contributed by atoms with E-state index in [2.05, 4.69) is 31.9 Å². The number of nitrogens with two attached hydrogens (primary N) is 1. The first-order chi connectivity index (χ1) is 2.64. The first-order valence-corrected chi connectivity index (χ1v) is 2.94. The first kappa shape index (κ1) is 6.59. The standard InChI is InChI=1S/C2H3Br2NO/c3-1(5)2(4)6/h1H,5H2. The lowest BCUT2D eigenvalue weighted by Crippen LogP contribution is -2.17. The van der Waals surface area contributed by atoms with E-state index in [9.17, 15) is 4.79 Å². The second-order valence-electron chi connectivity index (χ2n) is 0.706. The number of alkyl halides is 1. The molecule has 0 aromatic heterocycles. The molecule has 1 atom stereocenters. The van der Waals surface area contributed by atoms with E-state index < -0.39 is 4.95 Å². The van der Waals surface area contributed by atoms with Crippen molar-refractivity contribution in [3.8, 4) is 0 Å². The van der Waals surface area contributed by atoms with Crippen molar-refractivity contribution < 1.29 is 4.79 Å². The molecule has 0 aliphatic rings. The van der Waals surface area contributed by atoms with Crippen molar-refractivity contribution in [2.75, 3.05) is 0 Å². The molecule has 0 aromatic carbocycles. The molecular formula is C2H3Br2NO. The summed E-state index contributed by atoms with van der Waals surface area (Å²) in [6, 6.07) is 0. The van der Waals surface area contributed by atoms with Gasteiger partial charge in [0.05, 0.1) is 0 Å². The second kappa shape index (κ2) is 2.71. The molecule has 36 valence electrons. The third-order valence-corrected chi connectivity index (χ3v) is 1.74. The highest BCUT2D eigenvalue weighted by molar-refractivity contribution is 9.20. The molecule has 2 N–H and O–H groups in total. The topological polar surface area (TPSA) is 43.1 Å². The molecule has 0 spiro atoms. The van der Waals surface area contributed by atoms with Crippen LogP contribution in [0.5, 0.6) is 0 Å². The van der Waals surface area contributed by atoms with Gasteiger partial charge in [-0.05, 0) is 15.9 Å². The van der Waals surface area contributed by atoms with Gasteiger partial charge in [0, 0.05) is 0 Å². The minimum Gasteiger partial charge on any atom is -0.312 e. The number of halogens is 2. The molecule has 0 aliphatic heterocycles. The lowest BCUT2D eigenvalue weighted by Gasteiger charge is -1.87. The van der Waals surface area contributed by atoms with Gasteiger partial charge in [0.15, 0.2) is 0 Å². The Labute approximate surface area is 52.3 Å². The highest BCUT2D eigenvalue weighted by Gasteiger charge is 2.00. The fraction of sp³-hybridized carbons (Fsp3) is 0.500. The number of hydrogen-bond donors (Lipinski definition) is 1. The maximum Gasteiger partial charge on any atom is 0.225 e. The van der Waals surface area contributed by atoms with Crippen LogP contribution in [0, 0.1) is 0 Å². The number of rotatable bonds is 1. The molecule has 0 saturated heterocycles. The molecule has 0 radical (unpaired) electrons. The Balaban J connectivity index is 3.26. The van der Waals surface area contributed by atoms with Crippen molar-refractivity contribution >= 4 is 36.6 Å². The number of carbonyl (C=O) groups is 1. The lowest BCUT2D eigenvalue weighted by molar-refractivity contribution is -0.109. The van der Waals surface area contributed by atoms with E-state index in [0.717, 1.165) is 0 Å². The van der Waals surface area contributed by atoms with Crippen molar-refractivity contribution in [3.05, 3.63) is 0 Å². The van der Waals surface area contributed by atoms with Crippen molar-refractivity contribution in [3.63, 3.8) is 0 Å². The molecule has 2 nitrogen and oxygen atoms in total. The molecule has 0 fully saturated rings. The maximum atomic E-state index is 9.89. The Hall–Kier alpha value is 0.590. The van der Waals surface area contributed by atoms with Gasteiger partial charge in [-0.25, -0.2) is 0 Å². The van der Waals surface area contributed by atoms with Crippen LogP contribution in [0.4, 0.5) is 0 Å². The monoisotopic (exact) mass is 215 g/mol. The average molecular weight is 217 g/mol. The molecule has 0 aliphatic carbocycles. The van der Waals surface area contributed by atoms with Gasteiger partial charge in [0.1, 0.15) is 4.95 Å². The van der Waals surface area contributed by atoms with E-state index in [1.165, 1.54) is 0 Å². The predicted molar refractivity (Wildman–Crippen MR) is 30.8 cm³/mol. The van der Waals surface area contributed by atoms with E-state index in [1.54, 1.807) is 0 Å². The van der Waals surface area contributed by atoms with Gasteiger partial charge >= 0.3 is 0 Å². The molecule has 0 aromatic rings. The average Bonchev–Trinajstić information content (AvgIpc) is 1.36. The van der Waals surface area contributed by atoms with Gasteiger partial charge in [-0.2, -0.15) is 0 Å². The molecule has 0 saturated carbocycles. The van der Waals surface area contributed by atoms with E-state index in [1.807, 2.05) is 0 Å². The molecule has 0 rings (SSSR count). The Morgan fingerprint density at radius 2 is 2.00 bits per heavy atom. The lowest BCUT2D eigenvalue weighted by atomic mass is 10.8. The van der Waals surface area contributed by atoms with Crippen molar-refractivity contribution in [2.24, 2.45) is 5.73 Å². The van der Waals surface area contributed by atoms with Crippen molar-refractivity contribution in [1.29, 1.82) is 0 Å². The Bertz CT molecular complexity index is 62.6. The molecule has 1 unspecified atom stereocenters. The Morgan fingerprint density at radius 1 is 1.83 bits per heavy atom. The third-order valence-electron chi connectivity index (χ3n) is 0.217. The van der Waals surface area contributed by atoms with Crippen LogP contribution in [0.2, 0.25) is 0 Å². The maximum absolute atomic E-state index is 9.89. The van der Waals surface area contributed by atoms with E-state index in [4.69, 9.17) is 5.73 Å². The largest absolute Gasteiger partial charge is 0.312 e. The van der Waals surface area contributed by atoms with Gasteiger partial charge in [-0.3, -0.25) is 4.79 Å². The first-order valence-electron chi connectivity index (χ1n) is 1.23. The fourth-order valence-electron chi connectivity index (χ4n) is 0. The number of hydrogen-bond acceptors (Lipinski definition) is 2. The molecule has 4 heteroatoms. The van der Waals surface area contributed by atoms with Crippen LogP contribution in [0.25, 0.3) is 0 Å². The summed E-state index contributed by atoms with van der Waals surface area (Å²) in [5, 5.41) is 0. The zero-order valence-corrected chi connectivity index (χ0v) is 5.99. The van der Waals surface area contributed by atoms with Crippen molar-refractivity contribution in [1.82, 2.24) is 0 Å². The zero-order valence-electron chi connectivity index (χ0n) is 2.82. The van der Waals surface area contributed by atoms with Crippen LogP contribution in [-0.4, -0.2) is 9.64 Å². The summed E-state index contributed by atoms with van der Waals surface area (Å²) in [4.78, 5) is 9.33. The van der Waals surface area contributed by atoms with Crippen LogP contribution in [0.15, 0.2) is 0 Å². The van der Waals surface area contributed by atoms with Crippen LogP contribution >= 0.6 is 31.9 Å². The molecule has 0 heterocycles. The normalized spacial score (nSPS) is 13.8. The van der Waals surface area contributed by atoms with E-state index >= 15 is 0 Å². The van der Waals surface area contributed by atoms with Gasteiger partial charge in [-0.1, -0.05) is 15.9 Å². The Morgan fingerprint density at radius 3 is 2.00 bits per heavy atom. The van der Waals surface area contributed by atoms with Gasteiger partial charge in [0.2, 0.25) is 4.69 Å². The van der Waals surface area contributed by atoms with Crippen LogP contribution in [0.1, 0.15) is 0 Å². The van der Waals surface area contributed by atoms with E-state index in [-0.39, 0.29) is 4.69 Å². The highest BCUT2D eigenvalue weighted by Crippen LogP contribution is 1.95. The van der Waals surface area contributed by atoms with Gasteiger partial charge in [0.25, 0.3) is 0 Å². The van der Waals surface area contributed by atoms with Crippen molar-refractivity contribution in [2.45, 2.75) is 4.95 Å². The summed E-state index contributed by atoms with van der Waals surface area (Å²) in [6.07, 6.45) is 0. The summed E-state index contributed by atoms with van der Waals surface area (Å²) in [5.74, 6) is 0. The summed E-state index contributed by atoms with van der Waals surface area (Å²) < 4.78 is -0.234. The highest BCUT2D eigenvalue weighted by atomic mass is 79.9. The summed E-state index contributed by atoms with van der Waals surface area (Å²) in [6.45, 7) is 0. The number of carbonyl (C=O) groups excluding carboxylic acids is 1.